The lowest BCUT2D eigenvalue weighted by atomic mass is 9.75. The van der Waals surface area contributed by atoms with Gasteiger partial charge >= 0.3 is 0 Å². The number of morpholine rings is 1. The van der Waals surface area contributed by atoms with Crippen LogP contribution < -0.4 is 0 Å². The third kappa shape index (κ3) is 3.30. The zero-order valence-electron chi connectivity index (χ0n) is 15.4. The second-order valence-electron chi connectivity index (χ2n) is 6.93. The zero-order valence-corrected chi connectivity index (χ0v) is 15.4. The maximum atomic E-state index is 9.73. The number of aliphatic hydroxyl groups excluding tert-OH is 1. The van der Waals surface area contributed by atoms with Gasteiger partial charge in [-0.25, -0.2) is 0 Å². The van der Waals surface area contributed by atoms with E-state index in [0.717, 1.165) is 6.54 Å². The highest BCUT2D eigenvalue weighted by molar-refractivity contribution is 5.49. The lowest BCUT2D eigenvalue weighted by molar-refractivity contribution is -0.0735. The molecule has 1 aliphatic heterocycles. The number of benzene rings is 3. The number of rotatable bonds is 5. The molecule has 1 fully saturated rings. The molecule has 3 aromatic carbocycles. The van der Waals surface area contributed by atoms with Crippen molar-refractivity contribution in [1.29, 1.82) is 0 Å². The molecule has 27 heavy (non-hydrogen) atoms. The Balaban J connectivity index is 1.98. The minimum absolute atomic E-state index is 0.0327. The fraction of sp³-hybridized carbons (Fsp3) is 0.250. The van der Waals surface area contributed by atoms with Crippen molar-refractivity contribution in [3.63, 3.8) is 0 Å². The van der Waals surface area contributed by atoms with Crippen LogP contribution in [0, 0.1) is 0 Å². The van der Waals surface area contributed by atoms with Crippen molar-refractivity contribution in [3.05, 3.63) is 108 Å². The smallest absolute Gasteiger partial charge is 0.0974 e. The Hall–Kier alpha value is -2.46. The molecule has 1 N–H and O–H groups in total. The average Bonchev–Trinajstić information content (AvgIpc) is 2.77. The van der Waals surface area contributed by atoms with Crippen LogP contribution in [0.2, 0.25) is 0 Å². The quantitative estimate of drug-likeness (QED) is 0.706. The summed E-state index contributed by atoms with van der Waals surface area (Å²) in [6.45, 7) is 2.12. The molecule has 0 radical (unpaired) electrons. The summed E-state index contributed by atoms with van der Waals surface area (Å²) in [4.78, 5) is 2.46. The number of nitrogens with zero attached hydrogens (tertiary/aromatic N) is 1. The molecule has 0 amide bonds. The zero-order chi connectivity index (χ0) is 18.5. The summed E-state index contributed by atoms with van der Waals surface area (Å²) in [5.41, 5.74) is 3.24. The summed E-state index contributed by atoms with van der Waals surface area (Å²) in [6.07, 6.45) is -0.172. The number of hydrogen-bond acceptors (Lipinski definition) is 3. The van der Waals surface area contributed by atoms with E-state index in [1.165, 1.54) is 16.7 Å². The first kappa shape index (κ1) is 17.9. The van der Waals surface area contributed by atoms with Crippen molar-refractivity contribution in [1.82, 2.24) is 4.90 Å². The van der Waals surface area contributed by atoms with Gasteiger partial charge in [0.15, 0.2) is 0 Å². The molecule has 1 heterocycles. The molecule has 1 aliphatic rings. The predicted octanol–water partition coefficient (Wildman–Crippen LogP) is 3.67. The van der Waals surface area contributed by atoms with Gasteiger partial charge in [0.2, 0.25) is 0 Å². The molecule has 3 nitrogen and oxygen atoms in total. The molecule has 3 heteroatoms. The first-order valence-electron chi connectivity index (χ1n) is 9.50. The monoisotopic (exact) mass is 359 g/mol. The van der Waals surface area contributed by atoms with E-state index >= 15 is 0 Å². The molecular formula is C24H25NO2. The Morgan fingerprint density at radius 3 is 1.63 bits per heavy atom. The van der Waals surface area contributed by atoms with E-state index < -0.39 is 5.54 Å². The van der Waals surface area contributed by atoms with Crippen molar-refractivity contribution in [3.8, 4) is 0 Å². The molecule has 1 saturated heterocycles. The van der Waals surface area contributed by atoms with E-state index in [0.29, 0.717) is 13.2 Å². The van der Waals surface area contributed by atoms with Crippen molar-refractivity contribution in [2.75, 3.05) is 26.3 Å². The van der Waals surface area contributed by atoms with Gasteiger partial charge in [0.05, 0.1) is 24.9 Å². The first-order chi connectivity index (χ1) is 13.4. The Morgan fingerprint density at radius 2 is 1.22 bits per heavy atom. The SMILES string of the molecule is OC[C@H]1CN(C(c2ccccc2)(c2ccccc2)c2ccccc2)CCO1. The van der Waals surface area contributed by atoms with Crippen LogP contribution in [0.25, 0.3) is 0 Å². The molecule has 138 valence electrons. The molecule has 1 atom stereocenters. The molecular weight excluding hydrogens is 334 g/mol. The predicted molar refractivity (Wildman–Crippen MR) is 108 cm³/mol. The van der Waals surface area contributed by atoms with Gasteiger partial charge in [0.1, 0.15) is 0 Å². The number of hydrogen-bond donors (Lipinski definition) is 1. The van der Waals surface area contributed by atoms with E-state index in [1.54, 1.807) is 0 Å². The Bertz CT molecular complexity index is 739. The summed E-state index contributed by atoms with van der Waals surface area (Å²) in [5.74, 6) is 0. The third-order valence-electron chi connectivity index (χ3n) is 5.39. The van der Waals surface area contributed by atoms with E-state index in [-0.39, 0.29) is 12.7 Å². The lowest BCUT2D eigenvalue weighted by Crippen LogP contribution is -2.55. The average molecular weight is 359 g/mol. The molecule has 0 unspecified atom stereocenters. The van der Waals surface area contributed by atoms with Crippen LogP contribution in [0.3, 0.4) is 0 Å². The normalized spacial score (nSPS) is 18.3. The van der Waals surface area contributed by atoms with Crippen molar-refractivity contribution < 1.29 is 9.84 Å². The molecule has 4 rings (SSSR count). The van der Waals surface area contributed by atoms with Gasteiger partial charge in [-0.05, 0) is 16.7 Å². The van der Waals surface area contributed by atoms with Crippen LogP contribution in [-0.4, -0.2) is 42.4 Å². The second-order valence-corrected chi connectivity index (χ2v) is 6.93. The standard InChI is InChI=1S/C24H25NO2/c26-19-23-18-25(16-17-27-23)24(20-10-4-1-5-11-20,21-12-6-2-7-13-21)22-14-8-3-9-15-22/h1-15,23,26H,16-19H2/t23-/m1/s1. The van der Waals surface area contributed by atoms with Crippen LogP contribution in [0.4, 0.5) is 0 Å². The maximum absolute atomic E-state index is 9.73. The Morgan fingerprint density at radius 1 is 0.778 bits per heavy atom. The van der Waals surface area contributed by atoms with Gasteiger partial charge in [0, 0.05) is 13.1 Å². The highest BCUT2D eigenvalue weighted by atomic mass is 16.5. The molecule has 0 bridgehead atoms. The molecule has 0 aliphatic carbocycles. The minimum atomic E-state index is -0.430. The van der Waals surface area contributed by atoms with E-state index in [9.17, 15) is 5.11 Å². The van der Waals surface area contributed by atoms with Crippen molar-refractivity contribution >= 4 is 0 Å². The van der Waals surface area contributed by atoms with Crippen LogP contribution >= 0.6 is 0 Å². The van der Waals surface area contributed by atoms with Crippen molar-refractivity contribution in [2.24, 2.45) is 0 Å². The fourth-order valence-electron chi connectivity index (χ4n) is 4.22. The van der Waals surface area contributed by atoms with E-state index in [1.807, 2.05) is 0 Å². The summed E-state index contributed by atoms with van der Waals surface area (Å²) in [7, 11) is 0. The van der Waals surface area contributed by atoms with Gasteiger partial charge in [0.25, 0.3) is 0 Å². The minimum Gasteiger partial charge on any atom is -0.394 e. The van der Waals surface area contributed by atoms with Crippen LogP contribution in [0.1, 0.15) is 16.7 Å². The Labute approximate surface area is 160 Å². The molecule has 0 spiro atoms. The maximum Gasteiger partial charge on any atom is 0.0974 e. The topological polar surface area (TPSA) is 32.7 Å². The van der Waals surface area contributed by atoms with Crippen LogP contribution in [0.5, 0.6) is 0 Å². The van der Waals surface area contributed by atoms with E-state index in [4.69, 9.17) is 4.74 Å². The summed E-state index contributed by atoms with van der Waals surface area (Å²) in [5, 5.41) is 9.73. The fourth-order valence-corrected chi connectivity index (χ4v) is 4.22. The second kappa shape index (κ2) is 8.05. The third-order valence-corrected chi connectivity index (χ3v) is 5.39. The Kier molecular flexibility index (Phi) is 5.35. The highest BCUT2D eigenvalue weighted by Gasteiger charge is 2.43. The number of aliphatic hydroxyl groups is 1. The van der Waals surface area contributed by atoms with Crippen LogP contribution in [0.15, 0.2) is 91.0 Å². The molecule has 0 aromatic heterocycles. The van der Waals surface area contributed by atoms with Gasteiger partial charge in [-0.1, -0.05) is 91.0 Å². The van der Waals surface area contributed by atoms with Crippen molar-refractivity contribution in [2.45, 2.75) is 11.6 Å². The lowest BCUT2D eigenvalue weighted by Gasteiger charge is -2.48. The number of ether oxygens (including phenoxy) is 1. The van der Waals surface area contributed by atoms with Crippen LogP contribution in [-0.2, 0) is 10.3 Å². The van der Waals surface area contributed by atoms with E-state index in [2.05, 4.69) is 95.9 Å². The molecule has 3 aromatic rings. The molecule has 0 saturated carbocycles. The van der Waals surface area contributed by atoms with Gasteiger partial charge in [-0.15, -0.1) is 0 Å². The highest BCUT2D eigenvalue weighted by Crippen LogP contribution is 2.43. The largest absolute Gasteiger partial charge is 0.394 e. The first-order valence-corrected chi connectivity index (χ1v) is 9.50. The van der Waals surface area contributed by atoms with Gasteiger partial charge < -0.3 is 9.84 Å². The summed E-state index contributed by atoms with van der Waals surface area (Å²) >= 11 is 0. The summed E-state index contributed by atoms with van der Waals surface area (Å²) in [6, 6.07) is 31.9. The van der Waals surface area contributed by atoms with Gasteiger partial charge in [-0.2, -0.15) is 0 Å². The summed E-state index contributed by atoms with van der Waals surface area (Å²) < 4.78 is 5.77. The van der Waals surface area contributed by atoms with Gasteiger partial charge in [-0.3, -0.25) is 4.90 Å².